The van der Waals surface area contributed by atoms with Crippen LogP contribution in [-0.2, 0) is 28.8 Å². The molecule has 0 fully saturated rings. The number of nitrogens with two attached hydrogens (primary N) is 3. The van der Waals surface area contributed by atoms with Crippen molar-refractivity contribution in [2.45, 2.75) is 70.3 Å². The summed E-state index contributed by atoms with van der Waals surface area (Å²) >= 11 is 0. The molecule has 14 heteroatoms. The van der Waals surface area contributed by atoms with E-state index in [4.69, 9.17) is 17.2 Å². The fourth-order valence-corrected chi connectivity index (χ4v) is 2.55. The molecule has 0 aliphatic carbocycles. The van der Waals surface area contributed by atoms with E-state index >= 15 is 0 Å². The Hall–Kier alpha value is -3.26. The van der Waals surface area contributed by atoms with Crippen LogP contribution in [0.3, 0.4) is 0 Å². The first kappa shape index (κ1) is 28.7. The number of aliphatic hydroxyl groups excluding tert-OH is 1. The maximum atomic E-state index is 12.6. The summed E-state index contributed by atoms with van der Waals surface area (Å²) in [6.45, 7) is 4.70. The highest BCUT2D eigenvalue weighted by molar-refractivity contribution is 5.97. The summed E-state index contributed by atoms with van der Waals surface area (Å²) in [5, 5.41) is 25.2. The number of carboxylic acids is 1. The normalized spacial score (nSPS) is 15.6. The van der Waals surface area contributed by atoms with Gasteiger partial charge in [0.2, 0.25) is 29.5 Å². The lowest BCUT2D eigenvalue weighted by Crippen LogP contribution is -2.59. The van der Waals surface area contributed by atoms with E-state index in [-0.39, 0.29) is 12.3 Å². The molecule has 0 saturated carbocycles. The lowest BCUT2D eigenvalue weighted by molar-refractivity contribution is -0.143. The van der Waals surface area contributed by atoms with Gasteiger partial charge in [0.1, 0.15) is 24.2 Å². The van der Waals surface area contributed by atoms with Gasteiger partial charge in [-0.15, -0.1) is 0 Å². The molecule has 0 radical (unpaired) electrons. The van der Waals surface area contributed by atoms with Crippen LogP contribution in [0.25, 0.3) is 0 Å². The van der Waals surface area contributed by atoms with Crippen molar-refractivity contribution in [3.8, 4) is 0 Å². The molecule has 0 heterocycles. The van der Waals surface area contributed by atoms with Crippen LogP contribution in [0.2, 0.25) is 0 Å². The van der Waals surface area contributed by atoms with Crippen LogP contribution in [-0.4, -0.2) is 76.0 Å². The Balaban J connectivity index is 5.56. The van der Waals surface area contributed by atoms with Gasteiger partial charge < -0.3 is 43.4 Å². The number of carboxylic acid groups (broad SMARTS) is 1. The van der Waals surface area contributed by atoms with Gasteiger partial charge in [-0.1, -0.05) is 13.8 Å². The third-order valence-corrected chi connectivity index (χ3v) is 4.22. The van der Waals surface area contributed by atoms with Crippen molar-refractivity contribution >= 4 is 35.5 Å². The molecular weight excluding hydrogens is 428 g/mol. The molecule has 0 rings (SSSR count). The number of hydrogen-bond acceptors (Lipinski definition) is 8. The second-order valence-corrected chi connectivity index (χ2v) is 7.76. The number of hydrogen-bond donors (Lipinski definition) is 8. The van der Waals surface area contributed by atoms with E-state index in [9.17, 15) is 39.0 Å². The first-order chi connectivity index (χ1) is 14.6. The van der Waals surface area contributed by atoms with Crippen LogP contribution in [0.1, 0.15) is 40.0 Å². The smallest absolute Gasteiger partial charge is 0.326 e. The van der Waals surface area contributed by atoms with E-state index in [1.54, 1.807) is 13.8 Å². The van der Waals surface area contributed by atoms with E-state index in [1.807, 2.05) is 0 Å². The number of aliphatic hydroxyl groups is 1. The monoisotopic (exact) mass is 460 g/mol. The van der Waals surface area contributed by atoms with Crippen molar-refractivity contribution in [3.63, 3.8) is 0 Å². The predicted molar refractivity (Wildman–Crippen MR) is 110 cm³/mol. The van der Waals surface area contributed by atoms with Crippen LogP contribution in [0.5, 0.6) is 0 Å². The van der Waals surface area contributed by atoms with Gasteiger partial charge in [0.05, 0.1) is 18.9 Å². The SMILES string of the molecule is CC(C)CC(NC(=O)C(CC(N)=O)NC(=O)C(CC(N)=O)NC(=O)C(N)C(C)O)C(=O)O. The molecule has 0 aliphatic heterocycles. The zero-order chi connectivity index (χ0) is 25.2. The molecule has 0 aromatic carbocycles. The minimum absolute atomic E-state index is 0.0793. The number of aliphatic carboxylic acids is 1. The molecule has 0 aromatic heterocycles. The van der Waals surface area contributed by atoms with Gasteiger partial charge in [-0.05, 0) is 19.3 Å². The molecule has 0 aromatic rings. The lowest BCUT2D eigenvalue weighted by Gasteiger charge is -2.25. The number of carbonyl (C=O) groups excluding carboxylic acids is 5. The molecule has 182 valence electrons. The average molecular weight is 460 g/mol. The van der Waals surface area contributed by atoms with E-state index < -0.39 is 78.6 Å². The molecule has 14 nitrogen and oxygen atoms in total. The molecule has 5 atom stereocenters. The Morgan fingerprint density at radius 1 is 0.750 bits per heavy atom. The van der Waals surface area contributed by atoms with Gasteiger partial charge >= 0.3 is 5.97 Å². The van der Waals surface area contributed by atoms with Crippen LogP contribution >= 0.6 is 0 Å². The van der Waals surface area contributed by atoms with Gasteiger partial charge in [-0.2, -0.15) is 0 Å². The summed E-state index contributed by atoms with van der Waals surface area (Å²) in [6.07, 6.45) is -2.55. The maximum Gasteiger partial charge on any atom is 0.326 e. The molecule has 0 aliphatic rings. The molecule has 0 spiro atoms. The summed E-state index contributed by atoms with van der Waals surface area (Å²) < 4.78 is 0. The van der Waals surface area contributed by atoms with Gasteiger partial charge in [0, 0.05) is 0 Å². The largest absolute Gasteiger partial charge is 0.480 e. The Kier molecular flexibility index (Phi) is 11.9. The number of rotatable bonds is 14. The number of nitrogens with one attached hydrogen (secondary N) is 3. The lowest BCUT2D eigenvalue weighted by atomic mass is 10.0. The molecular formula is C18H32N6O8. The molecule has 0 bridgehead atoms. The summed E-state index contributed by atoms with van der Waals surface area (Å²) in [4.78, 5) is 71.3. The summed E-state index contributed by atoms with van der Waals surface area (Å²) in [6, 6.07) is -5.89. The van der Waals surface area contributed by atoms with E-state index in [2.05, 4.69) is 16.0 Å². The van der Waals surface area contributed by atoms with E-state index in [0.29, 0.717) is 0 Å². The van der Waals surface area contributed by atoms with Crippen LogP contribution in [0.15, 0.2) is 0 Å². The van der Waals surface area contributed by atoms with Crippen molar-refractivity contribution in [1.82, 2.24) is 16.0 Å². The van der Waals surface area contributed by atoms with E-state index in [1.165, 1.54) is 6.92 Å². The molecule has 5 amide bonds. The molecule has 5 unspecified atom stereocenters. The summed E-state index contributed by atoms with van der Waals surface area (Å²) in [7, 11) is 0. The Labute approximate surface area is 184 Å². The fourth-order valence-electron chi connectivity index (χ4n) is 2.55. The molecule has 11 N–H and O–H groups in total. The standard InChI is InChI=1S/C18H32N6O8/c1-7(2)4-11(18(31)32)24-16(29)9(5-12(19)26)22-15(28)10(6-13(20)27)23-17(30)14(21)8(3)25/h7-11,14,25H,4-6,21H2,1-3H3,(H2,19,26)(H2,20,27)(H,22,28)(H,23,30)(H,24,29)(H,31,32). The number of primary amides is 2. The Morgan fingerprint density at radius 2 is 1.12 bits per heavy atom. The first-order valence-corrected chi connectivity index (χ1v) is 9.79. The molecule has 0 saturated heterocycles. The van der Waals surface area contributed by atoms with Crippen LogP contribution in [0, 0.1) is 5.92 Å². The van der Waals surface area contributed by atoms with Crippen molar-refractivity contribution in [1.29, 1.82) is 0 Å². The zero-order valence-electron chi connectivity index (χ0n) is 18.2. The number of amides is 5. The first-order valence-electron chi connectivity index (χ1n) is 9.79. The van der Waals surface area contributed by atoms with Gasteiger partial charge in [-0.25, -0.2) is 4.79 Å². The predicted octanol–water partition coefficient (Wildman–Crippen LogP) is -3.97. The zero-order valence-corrected chi connectivity index (χ0v) is 18.2. The quantitative estimate of drug-likeness (QED) is 0.125. The van der Waals surface area contributed by atoms with Crippen molar-refractivity contribution in [3.05, 3.63) is 0 Å². The van der Waals surface area contributed by atoms with Gasteiger partial charge in [0.25, 0.3) is 0 Å². The van der Waals surface area contributed by atoms with E-state index in [0.717, 1.165) is 0 Å². The average Bonchev–Trinajstić information content (AvgIpc) is 2.64. The second kappa shape index (κ2) is 13.2. The van der Waals surface area contributed by atoms with Crippen molar-refractivity contribution < 1.29 is 39.0 Å². The van der Waals surface area contributed by atoms with Crippen molar-refractivity contribution in [2.75, 3.05) is 0 Å². The summed E-state index contributed by atoms with van der Waals surface area (Å²) in [5.74, 6) is -6.42. The topological polar surface area (TPSA) is 257 Å². The van der Waals surface area contributed by atoms with Crippen LogP contribution < -0.4 is 33.2 Å². The van der Waals surface area contributed by atoms with Crippen molar-refractivity contribution in [2.24, 2.45) is 23.1 Å². The minimum Gasteiger partial charge on any atom is -0.480 e. The fraction of sp³-hybridized carbons (Fsp3) is 0.667. The third kappa shape index (κ3) is 10.7. The Morgan fingerprint density at radius 3 is 1.44 bits per heavy atom. The van der Waals surface area contributed by atoms with Crippen LogP contribution in [0.4, 0.5) is 0 Å². The highest BCUT2D eigenvalue weighted by Crippen LogP contribution is 2.06. The number of carbonyl (C=O) groups is 6. The molecule has 32 heavy (non-hydrogen) atoms. The Bertz CT molecular complexity index is 726. The minimum atomic E-state index is -1.59. The highest BCUT2D eigenvalue weighted by Gasteiger charge is 2.32. The second-order valence-electron chi connectivity index (χ2n) is 7.76. The highest BCUT2D eigenvalue weighted by atomic mass is 16.4. The van der Waals surface area contributed by atoms with Gasteiger partial charge in [-0.3, -0.25) is 24.0 Å². The van der Waals surface area contributed by atoms with Gasteiger partial charge in [0.15, 0.2) is 0 Å². The summed E-state index contributed by atoms with van der Waals surface area (Å²) in [5.41, 5.74) is 15.7. The maximum absolute atomic E-state index is 12.6. The third-order valence-electron chi connectivity index (χ3n) is 4.22.